The van der Waals surface area contributed by atoms with Crippen LogP contribution in [-0.2, 0) is 6.54 Å². The lowest BCUT2D eigenvalue weighted by Crippen LogP contribution is -2.24. The minimum Gasteiger partial charge on any atom is -0.401 e. The number of nitrogens with two attached hydrogens (primary N) is 1. The molecule has 2 N–H and O–H groups in total. The fourth-order valence-electron chi connectivity index (χ4n) is 1.55. The van der Waals surface area contributed by atoms with Crippen LogP contribution in [0.3, 0.4) is 0 Å². The standard InChI is InChI=1S/C12H14N2/c13-12-7-4-8-14(10-12)9-11-5-2-1-3-6-11/h1-8H,9-10,13H2. The molecule has 1 heterocycles. The summed E-state index contributed by atoms with van der Waals surface area (Å²) in [4.78, 5) is 2.20. The van der Waals surface area contributed by atoms with E-state index in [-0.39, 0.29) is 0 Å². The van der Waals surface area contributed by atoms with Gasteiger partial charge in [-0.25, -0.2) is 0 Å². The van der Waals surface area contributed by atoms with Gasteiger partial charge in [0.25, 0.3) is 0 Å². The maximum absolute atomic E-state index is 5.75. The van der Waals surface area contributed by atoms with Crippen molar-refractivity contribution < 1.29 is 0 Å². The van der Waals surface area contributed by atoms with Crippen LogP contribution in [0.15, 0.2) is 54.4 Å². The van der Waals surface area contributed by atoms with E-state index >= 15 is 0 Å². The molecule has 2 nitrogen and oxygen atoms in total. The first-order valence-corrected chi connectivity index (χ1v) is 4.75. The summed E-state index contributed by atoms with van der Waals surface area (Å²) in [5.41, 5.74) is 7.98. The molecule has 1 aliphatic heterocycles. The normalized spacial score (nSPS) is 15.4. The Hall–Kier alpha value is -1.70. The Balaban J connectivity index is 2.00. The molecule has 1 aromatic carbocycles. The molecule has 0 spiro atoms. The van der Waals surface area contributed by atoms with E-state index in [1.807, 2.05) is 18.2 Å². The summed E-state index contributed by atoms with van der Waals surface area (Å²) < 4.78 is 0. The number of hydrogen-bond donors (Lipinski definition) is 1. The highest BCUT2D eigenvalue weighted by atomic mass is 15.1. The molecule has 0 saturated heterocycles. The molecule has 0 saturated carbocycles. The van der Waals surface area contributed by atoms with E-state index in [4.69, 9.17) is 5.73 Å². The van der Waals surface area contributed by atoms with Gasteiger partial charge in [-0.15, -0.1) is 0 Å². The highest BCUT2D eigenvalue weighted by Gasteiger charge is 2.04. The lowest BCUT2D eigenvalue weighted by Gasteiger charge is -2.22. The number of hydrogen-bond acceptors (Lipinski definition) is 2. The third kappa shape index (κ3) is 2.16. The second kappa shape index (κ2) is 4.01. The Kier molecular flexibility index (Phi) is 2.54. The van der Waals surface area contributed by atoms with Gasteiger partial charge in [-0.2, -0.15) is 0 Å². The summed E-state index contributed by atoms with van der Waals surface area (Å²) in [5.74, 6) is 0. The summed E-state index contributed by atoms with van der Waals surface area (Å²) in [6, 6.07) is 10.4. The van der Waals surface area contributed by atoms with Crippen molar-refractivity contribution in [2.75, 3.05) is 6.54 Å². The zero-order valence-electron chi connectivity index (χ0n) is 8.06. The van der Waals surface area contributed by atoms with E-state index in [0.29, 0.717) is 0 Å². The molecule has 0 unspecified atom stereocenters. The summed E-state index contributed by atoms with van der Waals surface area (Å²) in [6.07, 6.45) is 6.01. The maximum atomic E-state index is 5.75. The fourth-order valence-corrected chi connectivity index (χ4v) is 1.55. The highest BCUT2D eigenvalue weighted by molar-refractivity contribution is 5.19. The molecular weight excluding hydrogens is 172 g/mol. The predicted molar refractivity (Wildman–Crippen MR) is 58.3 cm³/mol. The van der Waals surface area contributed by atoms with Gasteiger partial charge in [0.15, 0.2) is 0 Å². The Morgan fingerprint density at radius 1 is 1.21 bits per heavy atom. The van der Waals surface area contributed by atoms with Crippen LogP contribution in [-0.4, -0.2) is 11.4 Å². The first kappa shape index (κ1) is 8.88. The van der Waals surface area contributed by atoms with E-state index in [0.717, 1.165) is 18.8 Å². The molecule has 0 aromatic heterocycles. The SMILES string of the molecule is NC1=CC=CN(Cc2ccccc2)C1. The molecule has 2 rings (SSSR count). The maximum Gasteiger partial charge on any atom is 0.0572 e. The van der Waals surface area contributed by atoms with Crippen molar-refractivity contribution in [2.24, 2.45) is 5.73 Å². The topological polar surface area (TPSA) is 29.3 Å². The predicted octanol–water partition coefficient (Wildman–Crippen LogP) is 1.86. The van der Waals surface area contributed by atoms with Gasteiger partial charge < -0.3 is 10.6 Å². The zero-order valence-corrected chi connectivity index (χ0v) is 8.06. The van der Waals surface area contributed by atoms with Gasteiger partial charge in [0.05, 0.1) is 6.54 Å². The van der Waals surface area contributed by atoms with Crippen molar-refractivity contribution >= 4 is 0 Å². The van der Waals surface area contributed by atoms with Crippen LogP contribution in [0.1, 0.15) is 5.56 Å². The van der Waals surface area contributed by atoms with E-state index < -0.39 is 0 Å². The van der Waals surface area contributed by atoms with E-state index in [1.165, 1.54) is 5.56 Å². The van der Waals surface area contributed by atoms with Crippen LogP contribution in [0, 0.1) is 0 Å². The minimum absolute atomic E-state index is 0.825. The van der Waals surface area contributed by atoms with Gasteiger partial charge in [-0.05, 0) is 23.9 Å². The molecule has 0 bridgehead atoms. The van der Waals surface area contributed by atoms with Crippen LogP contribution < -0.4 is 5.73 Å². The Morgan fingerprint density at radius 2 is 2.00 bits per heavy atom. The third-order valence-electron chi connectivity index (χ3n) is 2.22. The monoisotopic (exact) mass is 186 g/mol. The first-order valence-electron chi connectivity index (χ1n) is 4.75. The second-order valence-corrected chi connectivity index (χ2v) is 3.47. The summed E-state index contributed by atoms with van der Waals surface area (Å²) in [5, 5.41) is 0. The largest absolute Gasteiger partial charge is 0.401 e. The van der Waals surface area contributed by atoms with Crippen molar-refractivity contribution in [3.05, 3.63) is 59.9 Å². The molecule has 0 atom stereocenters. The number of rotatable bonds is 2. The van der Waals surface area contributed by atoms with Gasteiger partial charge in [0.2, 0.25) is 0 Å². The Bertz CT molecular complexity index is 352. The third-order valence-corrected chi connectivity index (χ3v) is 2.22. The average Bonchev–Trinajstić information content (AvgIpc) is 2.19. The van der Waals surface area contributed by atoms with Crippen molar-refractivity contribution in [3.63, 3.8) is 0 Å². The van der Waals surface area contributed by atoms with Gasteiger partial charge in [0, 0.05) is 12.2 Å². The van der Waals surface area contributed by atoms with E-state index in [2.05, 4.69) is 35.4 Å². The smallest absolute Gasteiger partial charge is 0.0572 e. The van der Waals surface area contributed by atoms with Crippen LogP contribution in [0.2, 0.25) is 0 Å². The average molecular weight is 186 g/mol. The highest BCUT2D eigenvalue weighted by Crippen LogP contribution is 2.08. The quantitative estimate of drug-likeness (QED) is 0.763. The Morgan fingerprint density at radius 3 is 2.71 bits per heavy atom. The molecule has 1 aromatic rings. The second-order valence-electron chi connectivity index (χ2n) is 3.47. The molecule has 0 radical (unpaired) electrons. The molecule has 0 amide bonds. The van der Waals surface area contributed by atoms with Crippen LogP contribution in [0.4, 0.5) is 0 Å². The van der Waals surface area contributed by atoms with Crippen molar-refractivity contribution in [3.8, 4) is 0 Å². The molecular formula is C12H14N2. The molecule has 0 fully saturated rings. The molecule has 72 valence electrons. The summed E-state index contributed by atoms with van der Waals surface area (Å²) in [6.45, 7) is 1.75. The lowest BCUT2D eigenvalue weighted by molar-refractivity contribution is 0.394. The molecule has 1 aliphatic rings. The zero-order chi connectivity index (χ0) is 9.80. The van der Waals surface area contributed by atoms with E-state index in [1.54, 1.807) is 0 Å². The number of allylic oxidation sites excluding steroid dienone is 2. The molecule has 0 aliphatic carbocycles. The number of nitrogens with zero attached hydrogens (tertiary/aromatic N) is 1. The van der Waals surface area contributed by atoms with Crippen molar-refractivity contribution in [1.29, 1.82) is 0 Å². The van der Waals surface area contributed by atoms with Crippen molar-refractivity contribution in [2.45, 2.75) is 6.54 Å². The van der Waals surface area contributed by atoms with Crippen LogP contribution in [0.25, 0.3) is 0 Å². The van der Waals surface area contributed by atoms with Gasteiger partial charge in [-0.3, -0.25) is 0 Å². The van der Waals surface area contributed by atoms with Gasteiger partial charge >= 0.3 is 0 Å². The molecule has 2 heteroatoms. The summed E-state index contributed by atoms with van der Waals surface area (Å²) >= 11 is 0. The fraction of sp³-hybridized carbons (Fsp3) is 0.167. The van der Waals surface area contributed by atoms with Crippen molar-refractivity contribution in [1.82, 2.24) is 4.90 Å². The van der Waals surface area contributed by atoms with Gasteiger partial charge in [0.1, 0.15) is 0 Å². The molecule has 14 heavy (non-hydrogen) atoms. The number of benzene rings is 1. The van der Waals surface area contributed by atoms with E-state index in [9.17, 15) is 0 Å². The summed E-state index contributed by atoms with van der Waals surface area (Å²) in [7, 11) is 0. The Labute approximate surface area is 84.3 Å². The lowest BCUT2D eigenvalue weighted by atomic mass is 10.2. The van der Waals surface area contributed by atoms with Crippen LogP contribution >= 0.6 is 0 Å². The van der Waals surface area contributed by atoms with Gasteiger partial charge in [-0.1, -0.05) is 30.3 Å². The first-order chi connectivity index (χ1) is 6.84. The minimum atomic E-state index is 0.825. The van der Waals surface area contributed by atoms with Crippen LogP contribution in [0.5, 0.6) is 0 Å².